The summed E-state index contributed by atoms with van der Waals surface area (Å²) in [5.74, 6) is -0.427. The van der Waals surface area contributed by atoms with Gasteiger partial charge in [0.2, 0.25) is 0 Å². The minimum absolute atomic E-state index is 0.166. The van der Waals surface area contributed by atoms with Gasteiger partial charge in [0.05, 0.1) is 5.56 Å². The molecule has 0 bridgehead atoms. The Morgan fingerprint density at radius 1 is 1.29 bits per heavy atom. The predicted octanol–water partition coefficient (Wildman–Crippen LogP) is 1.40. The van der Waals surface area contributed by atoms with Gasteiger partial charge in [-0.1, -0.05) is 0 Å². The quantitative estimate of drug-likeness (QED) is 0.333. The van der Waals surface area contributed by atoms with Crippen molar-refractivity contribution in [3.63, 3.8) is 0 Å². The molecule has 0 fully saturated rings. The molecule has 0 saturated carbocycles. The molecule has 4 nitrogen and oxygen atoms in total. The Morgan fingerprint density at radius 2 is 1.93 bits per heavy atom. The standard InChI is InChI=1S/C10H11NO3/c1-6(12)9-4-3-8(11)5-10(9)14-7(2)13/h3-5H,11H2,1-2H3. The van der Waals surface area contributed by atoms with Gasteiger partial charge in [-0.3, -0.25) is 9.59 Å². The number of nitrogen functional groups attached to an aromatic ring is 1. The number of hydrogen-bond donors (Lipinski definition) is 1. The summed E-state index contributed by atoms with van der Waals surface area (Å²) in [5.41, 5.74) is 6.31. The second-order valence-corrected chi connectivity index (χ2v) is 2.91. The van der Waals surface area contributed by atoms with E-state index in [2.05, 4.69) is 0 Å². The third-order valence-corrected chi connectivity index (χ3v) is 1.64. The van der Waals surface area contributed by atoms with E-state index in [-0.39, 0.29) is 11.5 Å². The summed E-state index contributed by atoms with van der Waals surface area (Å²) in [6.07, 6.45) is 0. The van der Waals surface area contributed by atoms with Crippen LogP contribution in [-0.4, -0.2) is 11.8 Å². The summed E-state index contributed by atoms with van der Waals surface area (Å²) in [6.45, 7) is 2.67. The van der Waals surface area contributed by atoms with Gasteiger partial charge in [-0.25, -0.2) is 0 Å². The number of nitrogens with two attached hydrogens (primary N) is 1. The van der Waals surface area contributed by atoms with Crippen molar-refractivity contribution >= 4 is 17.4 Å². The number of Topliss-reactive ketones (excluding diaryl/α,β-unsaturated/α-hetero) is 1. The Hall–Kier alpha value is -1.84. The van der Waals surface area contributed by atoms with Crippen molar-refractivity contribution in [3.05, 3.63) is 23.8 Å². The van der Waals surface area contributed by atoms with E-state index in [4.69, 9.17) is 10.5 Å². The smallest absolute Gasteiger partial charge is 0.308 e. The van der Waals surface area contributed by atoms with Crippen molar-refractivity contribution in [2.24, 2.45) is 0 Å². The summed E-state index contributed by atoms with van der Waals surface area (Å²) in [4.78, 5) is 21.9. The van der Waals surface area contributed by atoms with E-state index in [0.29, 0.717) is 11.3 Å². The van der Waals surface area contributed by atoms with Gasteiger partial charge in [-0.2, -0.15) is 0 Å². The Morgan fingerprint density at radius 3 is 2.43 bits per heavy atom. The first-order chi connectivity index (χ1) is 6.50. The number of carbonyl (C=O) groups is 2. The molecule has 1 rings (SSSR count). The van der Waals surface area contributed by atoms with E-state index in [1.807, 2.05) is 0 Å². The Balaban J connectivity index is 3.15. The van der Waals surface area contributed by atoms with Crippen LogP contribution in [0.15, 0.2) is 18.2 Å². The van der Waals surface area contributed by atoms with Crippen LogP contribution in [-0.2, 0) is 4.79 Å². The molecule has 74 valence electrons. The molecule has 0 amide bonds. The highest BCUT2D eigenvalue weighted by atomic mass is 16.5. The van der Waals surface area contributed by atoms with Gasteiger partial charge in [0.15, 0.2) is 5.78 Å². The van der Waals surface area contributed by atoms with Crippen molar-refractivity contribution in [2.45, 2.75) is 13.8 Å². The van der Waals surface area contributed by atoms with E-state index in [1.165, 1.54) is 26.0 Å². The lowest BCUT2D eigenvalue weighted by Crippen LogP contribution is -2.06. The van der Waals surface area contributed by atoms with Gasteiger partial charge in [0, 0.05) is 18.7 Å². The SMILES string of the molecule is CC(=O)Oc1cc(N)ccc1C(C)=O. The van der Waals surface area contributed by atoms with E-state index in [1.54, 1.807) is 6.07 Å². The second-order valence-electron chi connectivity index (χ2n) is 2.91. The van der Waals surface area contributed by atoms with Crippen LogP contribution in [0.5, 0.6) is 5.75 Å². The van der Waals surface area contributed by atoms with Gasteiger partial charge in [0.25, 0.3) is 0 Å². The summed E-state index contributed by atoms with van der Waals surface area (Å²) >= 11 is 0. The van der Waals surface area contributed by atoms with E-state index in [0.717, 1.165) is 0 Å². The van der Waals surface area contributed by atoms with Crippen LogP contribution in [0.2, 0.25) is 0 Å². The molecule has 0 aliphatic rings. The number of anilines is 1. The maximum atomic E-state index is 11.1. The van der Waals surface area contributed by atoms with Crippen molar-refractivity contribution in [1.82, 2.24) is 0 Å². The molecule has 0 aliphatic carbocycles. The average Bonchev–Trinajstić information content (AvgIpc) is 2.01. The zero-order valence-corrected chi connectivity index (χ0v) is 8.03. The van der Waals surface area contributed by atoms with Crippen molar-refractivity contribution in [1.29, 1.82) is 0 Å². The van der Waals surface area contributed by atoms with E-state index in [9.17, 15) is 9.59 Å². The summed E-state index contributed by atoms with van der Waals surface area (Å²) in [7, 11) is 0. The van der Waals surface area contributed by atoms with E-state index < -0.39 is 5.97 Å². The molecule has 2 N–H and O–H groups in total. The third-order valence-electron chi connectivity index (χ3n) is 1.64. The van der Waals surface area contributed by atoms with Crippen LogP contribution >= 0.6 is 0 Å². The molecule has 4 heteroatoms. The first-order valence-corrected chi connectivity index (χ1v) is 4.09. The molecule has 0 aromatic heterocycles. The first-order valence-electron chi connectivity index (χ1n) is 4.09. The molecule has 0 heterocycles. The van der Waals surface area contributed by atoms with Gasteiger partial charge in [-0.15, -0.1) is 0 Å². The molecule has 0 saturated heterocycles. The van der Waals surface area contributed by atoms with Crippen LogP contribution in [0.25, 0.3) is 0 Å². The Kier molecular flexibility index (Phi) is 2.86. The van der Waals surface area contributed by atoms with Crippen LogP contribution in [0.1, 0.15) is 24.2 Å². The van der Waals surface area contributed by atoms with Crippen LogP contribution in [0, 0.1) is 0 Å². The maximum absolute atomic E-state index is 11.1. The molecule has 0 spiro atoms. The largest absolute Gasteiger partial charge is 0.426 e. The van der Waals surface area contributed by atoms with Gasteiger partial charge < -0.3 is 10.5 Å². The normalized spacial score (nSPS) is 9.57. The van der Waals surface area contributed by atoms with Crippen molar-refractivity contribution in [3.8, 4) is 5.75 Å². The molecular weight excluding hydrogens is 182 g/mol. The molecule has 1 aromatic carbocycles. The number of esters is 1. The summed E-state index contributed by atoms with van der Waals surface area (Å²) < 4.78 is 4.85. The second kappa shape index (κ2) is 3.91. The number of benzene rings is 1. The number of rotatable bonds is 2. The molecule has 0 atom stereocenters. The predicted molar refractivity (Wildman–Crippen MR) is 52.2 cm³/mol. The first kappa shape index (κ1) is 10.2. The van der Waals surface area contributed by atoms with Crippen molar-refractivity contribution < 1.29 is 14.3 Å². The molecule has 0 radical (unpaired) electrons. The highest BCUT2D eigenvalue weighted by Crippen LogP contribution is 2.22. The number of hydrogen-bond acceptors (Lipinski definition) is 4. The lowest BCUT2D eigenvalue weighted by molar-refractivity contribution is -0.131. The highest BCUT2D eigenvalue weighted by molar-refractivity contribution is 5.97. The fourth-order valence-corrected chi connectivity index (χ4v) is 1.07. The van der Waals surface area contributed by atoms with Crippen LogP contribution in [0.4, 0.5) is 5.69 Å². The fraction of sp³-hybridized carbons (Fsp3) is 0.200. The maximum Gasteiger partial charge on any atom is 0.308 e. The van der Waals surface area contributed by atoms with Crippen LogP contribution < -0.4 is 10.5 Å². The average molecular weight is 193 g/mol. The van der Waals surface area contributed by atoms with Gasteiger partial charge >= 0.3 is 5.97 Å². The lowest BCUT2D eigenvalue weighted by Gasteiger charge is -2.06. The third kappa shape index (κ3) is 2.32. The zero-order valence-electron chi connectivity index (χ0n) is 8.03. The minimum atomic E-state index is -0.474. The molecule has 14 heavy (non-hydrogen) atoms. The number of ether oxygens (including phenoxy) is 1. The summed E-state index contributed by atoms with van der Waals surface area (Å²) in [6, 6.07) is 4.58. The number of carbonyl (C=O) groups excluding carboxylic acids is 2. The fourth-order valence-electron chi connectivity index (χ4n) is 1.07. The van der Waals surface area contributed by atoms with Gasteiger partial charge in [-0.05, 0) is 19.1 Å². The Labute approximate surface area is 81.7 Å². The molecule has 0 aliphatic heterocycles. The van der Waals surface area contributed by atoms with Crippen molar-refractivity contribution in [2.75, 3.05) is 5.73 Å². The monoisotopic (exact) mass is 193 g/mol. The molecule has 0 unspecified atom stereocenters. The Bertz CT molecular complexity index is 385. The summed E-state index contributed by atoms with van der Waals surface area (Å²) in [5, 5.41) is 0. The molecule has 1 aromatic rings. The highest BCUT2D eigenvalue weighted by Gasteiger charge is 2.10. The molecular formula is C10H11NO3. The minimum Gasteiger partial charge on any atom is -0.426 e. The topological polar surface area (TPSA) is 69.4 Å². The van der Waals surface area contributed by atoms with E-state index >= 15 is 0 Å². The lowest BCUT2D eigenvalue weighted by atomic mass is 10.1. The number of ketones is 1. The van der Waals surface area contributed by atoms with Gasteiger partial charge in [0.1, 0.15) is 5.75 Å². The van der Waals surface area contributed by atoms with Crippen LogP contribution in [0.3, 0.4) is 0 Å². The zero-order chi connectivity index (χ0) is 10.7.